The maximum atomic E-state index is 5.49. The second-order valence-electron chi connectivity index (χ2n) is 6.51. The molecule has 0 fully saturated rings. The Kier molecular flexibility index (Phi) is 4.55. The highest BCUT2D eigenvalue weighted by molar-refractivity contribution is 5.81. The molecule has 4 nitrogen and oxygen atoms in total. The lowest BCUT2D eigenvalue weighted by Gasteiger charge is -2.13. The Morgan fingerprint density at radius 1 is 0.852 bits per heavy atom. The summed E-state index contributed by atoms with van der Waals surface area (Å²) in [6.45, 7) is 2.90. The van der Waals surface area contributed by atoms with Crippen LogP contribution in [0.4, 0.5) is 0 Å². The molecular formula is C23H22N2O2. The molecule has 0 aliphatic carbocycles. The van der Waals surface area contributed by atoms with Crippen molar-refractivity contribution >= 4 is 11.0 Å². The van der Waals surface area contributed by atoms with Gasteiger partial charge in [-0.05, 0) is 48.4 Å². The molecule has 4 heteroatoms. The molecule has 0 saturated carbocycles. The molecule has 1 aromatic heterocycles. The highest BCUT2D eigenvalue weighted by Gasteiger charge is 2.15. The Morgan fingerprint density at radius 2 is 1.59 bits per heavy atom. The number of para-hydroxylation sites is 2. The number of hydrogen-bond acceptors (Lipinski definition) is 3. The van der Waals surface area contributed by atoms with Crippen molar-refractivity contribution in [3.8, 4) is 22.9 Å². The highest BCUT2D eigenvalue weighted by atomic mass is 16.5. The third-order valence-corrected chi connectivity index (χ3v) is 4.89. The Balaban J connectivity index is 1.89. The van der Waals surface area contributed by atoms with Crippen LogP contribution in [0.5, 0.6) is 11.5 Å². The smallest absolute Gasteiger partial charge is 0.161 e. The van der Waals surface area contributed by atoms with Crippen LogP contribution in [0.25, 0.3) is 22.4 Å². The molecule has 4 rings (SSSR count). The third-order valence-electron chi connectivity index (χ3n) is 4.89. The van der Waals surface area contributed by atoms with E-state index in [1.54, 1.807) is 14.2 Å². The molecule has 136 valence electrons. The number of imidazole rings is 1. The highest BCUT2D eigenvalue weighted by Crippen LogP contribution is 2.33. The standard InChI is InChI=1S/C23H22N2O2/c1-16-8-4-5-9-18(16)15-25-20-11-7-6-10-19(20)24-23(25)17-12-13-21(26-2)22(14-17)27-3/h4-14H,15H2,1-3H3. The monoisotopic (exact) mass is 358 g/mol. The van der Waals surface area contributed by atoms with Crippen LogP contribution in [-0.2, 0) is 6.54 Å². The van der Waals surface area contributed by atoms with Crippen LogP contribution in [0.1, 0.15) is 11.1 Å². The average molecular weight is 358 g/mol. The van der Waals surface area contributed by atoms with Gasteiger partial charge in [0.2, 0.25) is 0 Å². The first-order valence-corrected chi connectivity index (χ1v) is 8.93. The van der Waals surface area contributed by atoms with E-state index in [1.807, 2.05) is 30.3 Å². The normalized spacial score (nSPS) is 10.9. The van der Waals surface area contributed by atoms with E-state index in [0.717, 1.165) is 29.0 Å². The molecule has 0 N–H and O–H groups in total. The molecule has 0 saturated heterocycles. The van der Waals surface area contributed by atoms with E-state index < -0.39 is 0 Å². The van der Waals surface area contributed by atoms with Crippen LogP contribution >= 0.6 is 0 Å². The fraction of sp³-hybridized carbons (Fsp3) is 0.174. The van der Waals surface area contributed by atoms with E-state index in [4.69, 9.17) is 14.5 Å². The zero-order valence-electron chi connectivity index (χ0n) is 15.8. The zero-order valence-corrected chi connectivity index (χ0v) is 15.8. The maximum Gasteiger partial charge on any atom is 0.161 e. The number of benzene rings is 3. The largest absolute Gasteiger partial charge is 0.493 e. The number of nitrogens with zero attached hydrogens (tertiary/aromatic N) is 2. The van der Waals surface area contributed by atoms with Gasteiger partial charge in [0.05, 0.1) is 25.3 Å². The number of ether oxygens (including phenoxy) is 2. The van der Waals surface area contributed by atoms with Crippen molar-refractivity contribution in [1.29, 1.82) is 0 Å². The van der Waals surface area contributed by atoms with Crippen molar-refractivity contribution in [3.63, 3.8) is 0 Å². The minimum Gasteiger partial charge on any atom is -0.493 e. The molecule has 0 aliphatic heterocycles. The van der Waals surface area contributed by atoms with Gasteiger partial charge in [0.1, 0.15) is 5.82 Å². The van der Waals surface area contributed by atoms with Crippen LogP contribution in [0, 0.1) is 6.92 Å². The third kappa shape index (κ3) is 3.14. The summed E-state index contributed by atoms with van der Waals surface area (Å²) in [5, 5.41) is 0. The Labute approximate surface area is 159 Å². The van der Waals surface area contributed by atoms with Crippen molar-refractivity contribution in [2.75, 3.05) is 14.2 Å². The van der Waals surface area contributed by atoms with Crippen LogP contribution in [0.3, 0.4) is 0 Å². The van der Waals surface area contributed by atoms with Gasteiger partial charge in [-0.2, -0.15) is 0 Å². The summed E-state index contributed by atoms with van der Waals surface area (Å²) in [7, 11) is 3.29. The van der Waals surface area contributed by atoms with Gasteiger partial charge >= 0.3 is 0 Å². The maximum absolute atomic E-state index is 5.49. The summed E-state index contributed by atoms with van der Waals surface area (Å²) in [5.41, 5.74) is 5.65. The van der Waals surface area contributed by atoms with Crippen molar-refractivity contribution in [2.24, 2.45) is 0 Å². The van der Waals surface area contributed by atoms with Crippen LogP contribution in [-0.4, -0.2) is 23.8 Å². The van der Waals surface area contributed by atoms with E-state index >= 15 is 0 Å². The molecule has 0 bridgehead atoms. The summed E-state index contributed by atoms with van der Waals surface area (Å²) in [5.74, 6) is 2.33. The quantitative estimate of drug-likeness (QED) is 0.499. The van der Waals surface area contributed by atoms with Gasteiger partial charge in [0.25, 0.3) is 0 Å². The Hall–Kier alpha value is -3.27. The van der Waals surface area contributed by atoms with Crippen LogP contribution < -0.4 is 9.47 Å². The van der Waals surface area contributed by atoms with E-state index in [0.29, 0.717) is 11.5 Å². The summed E-state index contributed by atoms with van der Waals surface area (Å²) in [4.78, 5) is 4.91. The van der Waals surface area contributed by atoms with Gasteiger partial charge in [0, 0.05) is 12.1 Å². The lowest BCUT2D eigenvalue weighted by Crippen LogP contribution is -2.04. The minimum atomic E-state index is 0.699. The average Bonchev–Trinajstić information content (AvgIpc) is 3.07. The Morgan fingerprint density at radius 3 is 2.37 bits per heavy atom. The fourth-order valence-electron chi connectivity index (χ4n) is 3.39. The first-order chi connectivity index (χ1) is 13.2. The van der Waals surface area contributed by atoms with Crippen molar-refractivity contribution < 1.29 is 9.47 Å². The van der Waals surface area contributed by atoms with E-state index in [9.17, 15) is 0 Å². The number of hydrogen-bond donors (Lipinski definition) is 0. The van der Waals surface area contributed by atoms with Crippen LogP contribution in [0.15, 0.2) is 66.7 Å². The number of methoxy groups -OCH3 is 2. The van der Waals surface area contributed by atoms with Crippen molar-refractivity contribution in [1.82, 2.24) is 9.55 Å². The van der Waals surface area contributed by atoms with Crippen molar-refractivity contribution in [2.45, 2.75) is 13.5 Å². The fourth-order valence-corrected chi connectivity index (χ4v) is 3.39. The first-order valence-electron chi connectivity index (χ1n) is 8.93. The van der Waals surface area contributed by atoms with Crippen molar-refractivity contribution in [3.05, 3.63) is 77.9 Å². The van der Waals surface area contributed by atoms with E-state index in [-0.39, 0.29) is 0 Å². The zero-order chi connectivity index (χ0) is 18.8. The van der Waals surface area contributed by atoms with Gasteiger partial charge in [-0.15, -0.1) is 0 Å². The molecular weight excluding hydrogens is 336 g/mol. The van der Waals surface area contributed by atoms with Gasteiger partial charge < -0.3 is 14.0 Å². The lowest BCUT2D eigenvalue weighted by molar-refractivity contribution is 0.355. The number of aromatic nitrogens is 2. The van der Waals surface area contributed by atoms with E-state index in [1.165, 1.54) is 11.1 Å². The molecule has 0 atom stereocenters. The van der Waals surface area contributed by atoms with Gasteiger partial charge in [-0.25, -0.2) is 4.98 Å². The molecule has 0 aliphatic rings. The minimum absolute atomic E-state index is 0.699. The predicted molar refractivity (Wildman–Crippen MR) is 109 cm³/mol. The predicted octanol–water partition coefficient (Wildman–Crippen LogP) is 5.08. The van der Waals surface area contributed by atoms with Gasteiger partial charge in [0.15, 0.2) is 11.5 Å². The van der Waals surface area contributed by atoms with Crippen LogP contribution in [0.2, 0.25) is 0 Å². The summed E-state index contributed by atoms with van der Waals surface area (Å²) in [6.07, 6.45) is 0. The molecule has 0 radical (unpaired) electrons. The molecule has 3 aromatic carbocycles. The van der Waals surface area contributed by atoms with Gasteiger partial charge in [-0.1, -0.05) is 36.4 Å². The lowest BCUT2D eigenvalue weighted by atomic mass is 10.1. The van der Waals surface area contributed by atoms with E-state index in [2.05, 4.69) is 47.9 Å². The van der Waals surface area contributed by atoms with Gasteiger partial charge in [-0.3, -0.25) is 0 Å². The molecule has 0 unspecified atom stereocenters. The molecule has 27 heavy (non-hydrogen) atoms. The SMILES string of the molecule is COc1ccc(-c2nc3ccccc3n2Cc2ccccc2C)cc1OC. The first kappa shape index (κ1) is 17.2. The number of fused-ring (bicyclic) bond motifs is 1. The molecule has 0 spiro atoms. The summed E-state index contributed by atoms with van der Waals surface area (Å²) in [6, 6.07) is 22.6. The Bertz CT molecular complexity index is 1100. The molecule has 0 amide bonds. The summed E-state index contributed by atoms with van der Waals surface area (Å²) >= 11 is 0. The summed E-state index contributed by atoms with van der Waals surface area (Å²) < 4.78 is 13.1. The molecule has 1 heterocycles. The topological polar surface area (TPSA) is 36.3 Å². The molecule has 4 aromatic rings. The number of rotatable bonds is 5. The number of aryl methyl sites for hydroxylation is 1. The second kappa shape index (κ2) is 7.16. The second-order valence-corrected chi connectivity index (χ2v) is 6.51.